The summed E-state index contributed by atoms with van der Waals surface area (Å²) in [6, 6.07) is 6.15. The lowest BCUT2D eigenvalue weighted by atomic mass is 10.2. The maximum atomic E-state index is 5.50. The fraction of sp³-hybridized carbons (Fsp3) is 0.389. The van der Waals surface area contributed by atoms with Crippen LogP contribution in [-0.4, -0.2) is 34.8 Å². The van der Waals surface area contributed by atoms with Crippen molar-refractivity contribution in [3.8, 4) is 22.3 Å². The Labute approximate surface area is 149 Å². The quantitative estimate of drug-likeness (QED) is 0.717. The van der Waals surface area contributed by atoms with Crippen molar-refractivity contribution in [1.29, 1.82) is 0 Å². The molecule has 0 aromatic carbocycles. The van der Waals surface area contributed by atoms with E-state index in [0.717, 1.165) is 42.4 Å². The predicted octanol–water partition coefficient (Wildman–Crippen LogP) is 3.53. The lowest BCUT2D eigenvalue weighted by molar-refractivity contribution is 0.112. The zero-order valence-electron chi connectivity index (χ0n) is 13.8. The lowest BCUT2D eigenvalue weighted by Gasteiger charge is -2.16. The highest BCUT2D eigenvalue weighted by Gasteiger charge is 2.19. The van der Waals surface area contributed by atoms with Crippen LogP contribution in [-0.2, 0) is 17.8 Å². The second-order valence-electron chi connectivity index (χ2n) is 6.38. The van der Waals surface area contributed by atoms with Gasteiger partial charge in [-0.3, -0.25) is 4.98 Å². The van der Waals surface area contributed by atoms with Gasteiger partial charge in [-0.15, -0.1) is 11.3 Å². The van der Waals surface area contributed by atoms with Crippen LogP contribution < -0.4 is 4.90 Å². The molecular formula is C18H18N4O2S. The molecule has 3 aromatic rings. The first-order valence-electron chi connectivity index (χ1n) is 8.61. The largest absolute Gasteiger partial charge is 0.376 e. The van der Waals surface area contributed by atoms with Gasteiger partial charge in [-0.25, -0.2) is 0 Å². The van der Waals surface area contributed by atoms with Gasteiger partial charge >= 0.3 is 0 Å². The van der Waals surface area contributed by atoms with Gasteiger partial charge < -0.3 is 14.2 Å². The number of pyridine rings is 1. The van der Waals surface area contributed by atoms with Crippen LogP contribution in [0.15, 0.2) is 28.9 Å². The van der Waals surface area contributed by atoms with Crippen LogP contribution in [0.2, 0.25) is 0 Å². The number of thiophene rings is 1. The topological polar surface area (TPSA) is 64.3 Å². The maximum Gasteiger partial charge on any atom is 0.268 e. The van der Waals surface area contributed by atoms with Gasteiger partial charge in [0.15, 0.2) is 0 Å². The minimum Gasteiger partial charge on any atom is -0.376 e. The molecule has 3 aromatic heterocycles. The number of fused-ring (bicyclic) bond motifs is 1. The number of anilines is 1. The van der Waals surface area contributed by atoms with Crippen LogP contribution in [0.4, 0.5) is 5.69 Å². The van der Waals surface area contributed by atoms with Crippen molar-refractivity contribution < 1.29 is 9.26 Å². The SMILES string of the molecule is c1cc(-c2noc(-c3cc4c(s3)CCOC4)n2)ncc1N1CCCC1. The van der Waals surface area contributed by atoms with E-state index in [9.17, 15) is 0 Å². The molecule has 7 heteroatoms. The molecule has 0 saturated carbocycles. The molecule has 1 saturated heterocycles. The van der Waals surface area contributed by atoms with E-state index < -0.39 is 0 Å². The second kappa shape index (κ2) is 6.24. The fourth-order valence-corrected chi connectivity index (χ4v) is 4.43. The molecule has 0 N–H and O–H groups in total. The normalized spacial score (nSPS) is 17.0. The Morgan fingerprint density at radius 2 is 2.08 bits per heavy atom. The predicted molar refractivity (Wildman–Crippen MR) is 95.6 cm³/mol. The number of rotatable bonds is 3. The molecule has 0 atom stereocenters. The Morgan fingerprint density at radius 1 is 1.16 bits per heavy atom. The third kappa shape index (κ3) is 2.83. The van der Waals surface area contributed by atoms with Crippen molar-refractivity contribution >= 4 is 17.0 Å². The first-order valence-corrected chi connectivity index (χ1v) is 9.43. The molecule has 5 rings (SSSR count). The smallest absolute Gasteiger partial charge is 0.268 e. The third-order valence-corrected chi connectivity index (χ3v) is 5.94. The highest BCUT2D eigenvalue weighted by atomic mass is 32.1. The Bertz CT molecular complexity index is 857. The molecule has 0 aliphatic carbocycles. The van der Waals surface area contributed by atoms with Crippen molar-refractivity contribution in [3.63, 3.8) is 0 Å². The van der Waals surface area contributed by atoms with Gasteiger partial charge in [0.2, 0.25) is 5.82 Å². The fourth-order valence-electron chi connectivity index (χ4n) is 3.36. The summed E-state index contributed by atoms with van der Waals surface area (Å²) >= 11 is 1.71. The summed E-state index contributed by atoms with van der Waals surface area (Å²) in [4.78, 5) is 13.8. The van der Waals surface area contributed by atoms with E-state index in [2.05, 4.69) is 32.2 Å². The van der Waals surface area contributed by atoms with Crippen molar-refractivity contribution in [2.24, 2.45) is 0 Å². The Hall–Kier alpha value is -2.25. The number of hydrogen-bond acceptors (Lipinski definition) is 7. The second-order valence-corrected chi connectivity index (χ2v) is 7.52. The van der Waals surface area contributed by atoms with Crippen LogP contribution in [0.1, 0.15) is 23.3 Å². The molecule has 1 fully saturated rings. The summed E-state index contributed by atoms with van der Waals surface area (Å²) in [6.45, 7) is 3.68. The summed E-state index contributed by atoms with van der Waals surface area (Å²) in [5.74, 6) is 1.09. The van der Waals surface area contributed by atoms with Gasteiger partial charge in [0, 0.05) is 24.4 Å². The molecule has 2 aliphatic heterocycles. The lowest BCUT2D eigenvalue weighted by Crippen LogP contribution is -2.17. The van der Waals surface area contributed by atoms with Crippen molar-refractivity contribution in [2.45, 2.75) is 25.9 Å². The van der Waals surface area contributed by atoms with Crippen molar-refractivity contribution in [1.82, 2.24) is 15.1 Å². The van der Waals surface area contributed by atoms with Gasteiger partial charge in [0.1, 0.15) is 5.69 Å². The molecule has 0 bridgehead atoms. The summed E-state index contributed by atoms with van der Waals surface area (Å²) in [5.41, 5.74) is 3.14. The third-order valence-electron chi connectivity index (χ3n) is 4.71. The molecule has 25 heavy (non-hydrogen) atoms. The molecule has 2 aliphatic rings. The highest BCUT2D eigenvalue weighted by Crippen LogP contribution is 2.34. The van der Waals surface area contributed by atoms with Gasteiger partial charge in [0.25, 0.3) is 5.89 Å². The summed E-state index contributed by atoms with van der Waals surface area (Å²) in [5, 5.41) is 4.11. The Morgan fingerprint density at radius 3 is 2.88 bits per heavy atom. The van der Waals surface area contributed by atoms with Crippen molar-refractivity contribution in [2.75, 3.05) is 24.6 Å². The van der Waals surface area contributed by atoms with E-state index in [0.29, 0.717) is 18.3 Å². The van der Waals surface area contributed by atoms with E-state index in [-0.39, 0.29) is 0 Å². The molecule has 6 nitrogen and oxygen atoms in total. The molecule has 0 spiro atoms. The van der Waals surface area contributed by atoms with E-state index in [4.69, 9.17) is 9.26 Å². The molecule has 0 radical (unpaired) electrons. The van der Waals surface area contributed by atoms with Crippen LogP contribution in [0, 0.1) is 0 Å². The monoisotopic (exact) mass is 354 g/mol. The van der Waals surface area contributed by atoms with Crippen LogP contribution in [0.3, 0.4) is 0 Å². The van der Waals surface area contributed by atoms with Gasteiger partial charge in [0.05, 0.1) is 30.0 Å². The van der Waals surface area contributed by atoms with Crippen LogP contribution in [0.5, 0.6) is 0 Å². The zero-order chi connectivity index (χ0) is 16.6. The molecule has 0 unspecified atom stereocenters. The Kier molecular flexibility index (Phi) is 3.75. The number of ether oxygens (including phenoxy) is 1. The van der Waals surface area contributed by atoms with E-state index in [1.807, 2.05) is 12.3 Å². The average Bonchev–Trinajstić information content (AvgIpc) is 3.41. The summed E-state index contributed by atoms with van der Waals surface area (Å²) < 4.78 is 11.0. The molecular weight excluding hydrogens is 336 g/mol. The summed E-state index contributed by atoms with van der Waals surface area (Å²) in [7, 11) is 0. The van der Waals surface area contributed by atoms with Gasteiger partial charge in [-0.2, -0.15) is 4.98 Å². The van der Waals surface area contributed by atoms with Crippen LogP contribution >= 0.6 is 11.3 Å². The molecule has 5 heterocycles. The first kappa shape index (κ1) is 15.0. The minimum atomic E-state index is 0.533. The standard InChI is InChI=1S/C18H18N4O2S/c1-2-7-22(6-1)13-3-4-14(19-10-13)17-20-18(24-21-17)16-9-12-11-23-8-5-15(12)25-16/h3-4,9-10H,1-2,5-8,11H2. The molecule has 0 amide bonds. The van der Waals surface area contributed by atoms with Gasteiger partial charge in [-0.1, -0.05) is 5.16 Å². The van der Waals surface area contributed by atoms with Crippen LogP contribution in [0.25, 0.3) is 22.3 Å². The summed E-state index contributed by atoms with van der Waals surface area (Å²) in [6.07, 6.45) is 5.37. The minimum absolute atomic E-state index is 0.533. The molecule has 128 valence electrons. The number of nitrogens with zero attached hydrogens (tertiary/aromatic N) is 4. The van der Waals surface area contributed by atoms with Crippen molar-refractivity contribution in [3.05, 3.63) is 34.8 Å². The zero-order valence-corrected chi connectivity index (χ0v) is 14.6. The van der Waals surface area contributed by atoms with E-state index in [1.165, 1.54) is 23.3 Å². The first-order chi connectivity index (χ1) is 12.4. The average molecular weight is 354 g/mol. The number of aromatic nitrogens is 3. The van der Waals surface area contributed by atoms with E-state index in [1.54, 1.807) is 11.3 Å². The Balaban J connectivity index is 1.39. The maximum absolute atomic E-state index is 5.50. The highest BCUT2D eigenvalue weighted by molar-refractivity contribution is 7.15. The van der Waals surface area contributed by atoms with E-state index >= 15 is 0 Å². The van der Waals surface area contributed by atoms with Gasteiger partial charge in [-0.05, 0) is 36.6 Å². The number of hydrogen-bond donors (Lipinski definition) is 0.